The van der Waals surface area contributed by atoms with Gasteiger partial charge in [-0.15, -0.1) is 0 Å². The molecule has 0 saturated heterocycles. The maximum absolute atomic E-state index is 5.64. The summed E-state index contributed by atoms with van der Waals surface area (Å²) in [6, 6.07) is 2.60. The van der Waals surface area contributed by atoms with Crippen molar-refractivity contribution in [2.45, 2.75) is 52.6 Å². The standard InChI is InChI=1S/C14H26N4S/c1-4-8-17(11-14(15)19)10-12-7-9-18(16-12)13(5-2)6-3/h7,9,13H,4-6,8,10-11H2,1-3H3,(H2,15,19). The molecular weight excluding hydrogens is 256 g/mol. The third kappa shape index (κ3) is 5.28. The van der Waals surface area contributed by atoms with Crippen molar-refractivity contribution < 1.29 is 0 Å². The topological polar surface area (TPSA) is 47.1 Å². The summed E-state index contributed by atoms with van der Waals surface area (Å²) in [7, 11) is 0. The van der Waals surface area contributed by atoms with Crippen LogP contribution >= 0.6 is 12.2 Å². The number of rotatable bonds is 9. The van der Waals surface area contributed by atoms with E-state index in [1.54, 1.807) is 0 Å². The minimum atomic E-state index is 0.504. The molecule has 19 heavy (non-hydrogen) atoms. The third-order valence-corrected chi connectivity index (χ3v) is 3.41. The molecule has 0 aromatic carbocycles. The van der Waals surface area contributed by atoms with Gasteiger partial charge in [0.2, 0.25) is 0 Å². The van der Waals surface area contributed by atoms with Crippen LogP contribution in [0.25, 0.3) is 0 Å². The first-order valence-electron chi connectivity index (χ1n) is 7.15. The third-order valence-electron chi connectivity index (χ3n) is 3.29. The van der Waals surface area contributed by atoms with Gasteiger partial charge in [0.05, 0.1) is 16.7 Å². The fourth-order valence-corrected chi connectivity index (χ4v) is 2.49. The van der Waals surface area contributed by atoms with E-state index in [4.69, 9.17) is 18.0 Å². The van der Waals surface area contributed by atoms with Gasteiger partial charge in [0.15, 0.2) is 0 Å². The Morgan fingerprint density at radius 2 is 2.11 bits per heavy atom. The molecule has 0 radical (unpaired) electrons. The Morgan fingerprint density at radius 1 is 1.42 bits per heavy atom. The molecule has 0 unspecified atom stereocenters. The first kappa shape index (κ1) is 16.1. The highest BCUT2D eigenvalue weighted by atomic mass is 32.1. The van der Waals surface area contributed by atoms with Crippen molar-refractivity contribution in [3.8, 4) is 0 Å². The summed E-state index contributed by atoms with van der Waals surface area (Å²) < 4.78 is 2.08. The molecule has 0 aliphatic carbocycles. The summed E-state index contributed by atoms with van der Waals surface area (Å²) in [5.41, 5.74) is 6.73. The van der Waals surface area contributed by atoms with Crippen molar-refractivity contribution in [3.05, 3.63) is 18.0 Å². The lowest BCUT2D eigenvalue weighted by molar-refractivity contribution is 0.297. The van der Waals surface area contributed by atoms with E-state index in [9.17, 15) is 0 Å². The maximum atomic E-state index is 5.64. The van der Waals surface area contributed by atoms with Crippen molar-refractivity contribution in [1.29, 1.82) is 0 Å². The largest absolute Gasteiger partial charge is 0.392 e. The SMILES string of the molecule is CCCN(CC(N)=S)Cc1ccn(C(CC)CC)n1. The lowest BCUT2D eigenvalue weighted by atomic mass is 10.2. The van der Waals surface area contributed by atoms with Gasteiger partial charge in [-0.05, 0) is 31.9 Å². The molecule has 0 saturated carbocycles. The molecule has 1 heterocycles. The van der Waals surface area contributed by atoms with Gasteiger partial charge in [0, 0.05) is 19.3 Å². The van der Waals surface area contributed by atoms with Gasteiger partial charge >= 0.3 is 0 Å². The Bertz CT molecular complexity index is 385. The molecule has 5 heteroatoms. The zero-order valence-corrected chi connectivity index (χ0v) is 13.1. The number of hydrogen-bond acceptors (Lipinski definition) is 3. The van der Waals surface area contributed by atoms with Crippen molar-refractivity contribution >= 4 is 17.2 Å². The first-order chi connectivity index (χ1) is 9.10. The van der Waals surface area contributed by atoms with Crippen LogP contribution < -0.4 is 5.73 Å². The van der Waals surface area contributed by atoms with Gasteiger partial charge in [-0.1, -0.05) is 33.0 Å². The fourth-order valence-electron chi connectivity index (χ4n) is 2.31. The Labute approximate surface area is 122 Å². The predicted molar refractivity (Wildman–Crippen MR) is 84.2 cm³/mol. The molecule has 1 aromatic rings. The second-order valence-corrected chi connectivity index (χ2v) is 5.46. The minimum Gasteiger partial charge on any atom is -0.392 e. The van der Waals surface area contributed by atoms with Crippen molar-refractivity contribution in [2.24, 2.45) is 5.73 Å². The zero-order chi connectivity index (χ0) is 14.3. The van der Waals surface area contributed by atoms with Crippen LogP contribution in [0.1, 0.15) is 51.8 Å². The van der Waals surface area contributed by atoms with Crippen LogP contribution in [0.4, 0.5) is 0 Å². The highest BCUT2D eigenvalue weighted by Gasteiger charge is 2.11. The molecule has 4 nitrogen and oxygen atoms in total. The van der Waals surface area contributed by atoms with E-state index in [0.29, 0.717) is 17.6 Å². The van der Waals surface area contributed by atoms with E-state index in [1.807, 2.05) is 0 Å². The van der Waals surface area contributed by atoms with Gasteiger partial charge in [-0.2, -0.15) is 5.10 Å². The molecule has 0 aliphatic heterocycles. The molecular formula is C14H26N4S. The molecule has 0 aliphatic rings. The zero-order valence-electron chi connectivity index (χ0n) is 12.3. The molecule has 1 aromatic heterocycles. The lowest BCUT2D eigenvalue weighted by Crippen LogP contribution is -2.33. The van der Waals surface area contributed by atoms with Crippen molar-refractivity contribution in [3.63, 3.8) is 0 Å². The minimum absolute atomic E-state index is 0.504. The van der Waals surface area contributed by atoms with E-state index >= 15 is 0 Å². The number of aromatic nitrogens is 2. The van der Waals surface area contributed by atoms with Crippen LogP contribution in [0.2, 0.25) is 0 Å². The van der Waals surface area contributed by atoms with Crippen LogP contribution in [-0.4, -0.2) is 32.8 Å². The number of hydrogen-bond donors (Lipinski definition) is 1. The van der Waals surface area contributed by atoms with E-state index in [-0.39, 0.29) is 0 Å². The summed E-state index contributed by atoms with van der Waals surface area (Å²) in [6.45, 7) is 9.04. The lowest BCUT2D eigenvalue weighted by Gasteiger charge is -2.19. The van der Waals surface area contributed by atoms with Crippen LogP contribution in [0.15, 0.2) is 12.3 Å². The van der Waals surface area contributed by atoms with Crippen LogP contribution in [0.5, 0.6) is 0 Å². The summed E-state index contributed by atoms with van der Waals surface area (Å²) in [6.07, 6.45) is 5.40. The summed E-state index contributed by atoms with van der Waals surface area (Å²) in [5, 5.41) is 4.67. The quantitative estimate of drug-likeness (QED) is 0.708. The van der Waals surface area contributed by atoms with Crippen LogP contribution in [-0.2, 0) is 6.54 Å². The van der Waals surface area contributed by atoms with E-state index in [0.717, 1.165) is 38.0 Å². The number of thiocarbonyl (C=S) groups is 1. The fraction of sp³-hybridized carbons (Fsp3) is 0.714. The van der Waals surface area contributed by atoms with Crippen LogP contribution in [0.3, 0.4) is 0 Å². The first-order valence-corrected chi connectivity index (χ1v) is 7.56. The molecule has 0 bridgehead atoms. The van der Waals surface area contributed by atoms with Gasteiger partial charge in [-0.25, -0.2) is 0 Å². The van der Waals surface area contributed by atoms with Gasteiger partial charge < -0.3 is 5.73 Å². The van der Waals surface area contributed by atoms with E-state index in [2.05, 4.69) is 47.7 Å². The highest BCUT2D eigenvalue weighted by molar-refractivity contribution is 7.80. The summed E-state index contributed by atoms with van der Waals surface area (Å²) in [5.74, 6) is 0. The molecule has 0 atom stereocenters. The van der Waals surface area contributed by atoms with E-state index < -0.39 is 0 Å². The Kier molecular flexibility index (Phi) is 7.02. The Balaban J connectivity index is 2.66. The number of nitrogens with two attached hydrogens (primary N) is 1. The molecule has 2 N–H and O–H groups in total. The predicted octanol–water partition coefficient (Wildman–Crippen LogP) is 2.74. The molecule has 1 rings (SSSR count). The average Bonchev–Trinajstić information content (AvgIpc) is 2.78. The second-order valence-electron chi connectivity index (χ2n) is 4.93. The maximum Gasteiger partial charge on any atom is 0.0870 e. The smallest absolute Gasteiger partial charge is 0.0870 e. The van der Waals surface area contributed by atoms with Gasteiger partial charge in [-0.3, -0.25) is 9.58 Å². The molecule has 0 fully saturated rings. The molecule has 0 spiro atoms. The Morgan fingerprint density at radius 3 is 2.63 bits per heavy atom. The molecule has 0 amide bonds. The second kappa shape index (κ2) is 8.27. The van der Waals surface area contributed by atoms with Gasteiger partial charge in [0.25, 0.3) is 0 Å². The Hall–Kier alpha value is -0.940. The van der Waals surface area contributed by atoms with Crippen molar-refractivity contribution in [2.75, 3.05) is 13.1 Å². The number of nitrogens with zero attached hydrogens (tertiary/aromatic N) is 3. The monoisotopic (exact) mass is 282 g/mol. The average molecular weight is 282 g/mol. The summed E-state index contributed by atoms with van der Waals surface area (Å²) in [4.78, 5) is 2.80. The van der Waals surface area contributed by atoms with Crippen molar-refractivity contribution in [1.82, 2.24) is 14.7 Å². The van der Waals surface area contributed by atoms with Crippen LogP contribution in [0, 0.1) is 0 Å². The van der Waals surface area contributed by atoms with E-state index in [1.165, 1.54) is 0 Å². The van der Waals surface area contributed by atoms with Gasteiger partial charge in [0.1, 0.15) is 0 Å². The molecule has 108 valence electrons. The normalized spacial score (nSPS) is 11.4. The summed E-state index contributed by atoms with van der Waals surface area (Å²) >= 11 is 5.00. The highest BCUT2D eigenvalue weighted by Crippen LogP contribution is 2.15.